The summed E-state index contributed by atoms with van der Waals surface area (Å²) in [7, 11) is -2.55. The third kappa shape index (κ3) is 6.68. The molecule has 30 heavy (non-hydrogen) atoms. The van der Waals surface area contributed by atoms with E-state index in [-0.39, 0.29) is 17.3 Å². The standard InChI is InChI=1S/C20H24N4O5S/c1-14(20(27)24(3)13-19(26)22-16-7-5-4-6-8-16)23-30(28,29)18-11-9-17(10-12-18)21-15(2)25/h4-12,14,23H,13H2,1-3H3,(H,21,25)(H,22,26)/t14-/m0/s1. The number of sulfonamides is 1. The van der Waals surface area contributed by atoms with Gasteiger partial charge in [-0.3, -0.25) is 14.4 Å². The van der Waals surface area contributed by atoms with E-state index < -0.39 is 27.9 Å². The maximum Gasteiger partial charge on any atom is 0.243 e. The molecule has 10 heteroatoms. The lowest BCUT2D eigenvalue weighted by Crippen LogP contribution is -2.47. The molecule has 0 heterocycles. The molecule has 2 rings (SSSR count). The smallest absolute Gasteiger partial charge is 0.243 e. The Balaban J connectivity index is 1.96. The lowest BCUT2D eigenvalue weighted by Gasteiger charge is -2.21. The predicted molar refractivity (Wildman–Crippen MR) is 113 cm³/mol. The van der Waals surface area contributed by atoms with Crippen molar-refractivity contribution in [3.05, 3.63) is 54.6 Å². The van der Waals surface area contributed by atoms with Gasteiger partial charge in [0.15, 0.2) is 0 Å². The van der Waals surface area contributed by atoms with Crippen molar-refractivity contribution in [2.24, 2.45) is 0 Å². The molecule has 2 aromatic carbocycles. The van der Waals surface area contributed by atoms with Crippen molar-refractivity contribution < 1.29 is 22.8 Å². The zero-order valence-corrected chi connectivity index (χ0v) is 17.7. The number of anilines is 2. The van der Waals surface area contributed by atoms with Crippen molar-refractivity contribution in [3.8, 4) is 0 Å². The summed E-state index contributed by atoms with van der Waals surface area (Å²) in [6.45, 7) is 2.51. The van der Waals surface area contributed by atoms with E-state index in [9.17, 15) is 22.8 Å². The average molecular weight is 433 g/mol. The lowest BCUT2D eigenvalue weighted by molar-refractivity contribution is -0.134. The summed E-state index contributed by atoms with van der Waals surface area (Å²) in [6, 6.07) is 13.2. The fourth-order valence-corrected chi connectivity index (χ4v) is 3.81. The minimum Gasteiger partial charge on any atom is -0.335 e. The molecule has 0 aliphatic carbocycles. The summed E-state index contributed by atoms with van der Waals surface area (Å²) >= 11 is 0. The minimum atomic E-state index is -3.97. The van der Waals surface area contributed by atoms with Crippen LogP contribution >= 0.6 is 0 Å². The molecule has 1 atom stereocenters. The first-order valence-electron chi connectivity index (χ1n) is 9.08. The fraction of sp³-hybridized carbons (Fsp3) is 0.250. The van der Waals surface area contributed by atoms with E-state index in [1.807, 2.05) is 6.07 Å². The number of carbonyl (C=O) groups excluding carboxylic acids is 3. The first-order valence-corrected chi connectivity index (χ1v) is 10.6. The first kappa shape index (κ1) is 23.0. The van der Waals surface area contributed by atoms with Crippen molar-refractivity contribution >= 4 is 39.1 Å². The Labute approximate surface area is 175 Å². The summed E-state index contributed by atoms with van der Waals surface area (Å²) in [5.41, 5.74) is 1.05. The summed E-state index contributed by atoms with van der Waals surface area (Å²) in [6.07, 6.45) is 0. The second-order valence-corrected chi connectivity index (χ2v) is 8.37. The van der Waals surface area contributed by atoms with E-state index in [0.29, 0.717) is 11.4 Å². The highest BCUT2D eigenvalue weighted by atomic mass is 32.2. The Morgan fingerprint density at radius 2 is 1.50 bits per heavy atom. The number of hydrogen-bond donors (Lipinski definition) is 3. The molecule has 0 spiro atoms. The molecule has 0 aliphatic heterocycles. The van der Waals surface area contributed by atoms with Crippen LogP contribution in [0.15, 0.2) is 59.5 Å². The molecule has 0 fully saturated rings. The van der Waals surface area contributed by atoms with Gasteiger partial charge in [0.25, 0.3) is 0 Å². The zero-order chi connectivity index (χ0) is 22.3. The van der Waals surface area contributed by atoms with Crippen molar-refractivity contribution in [1.29, 1.82) is 0 Å². The van der Waals surface area contributed by atoms with E-state index in [2.05, 4.69) is 15.4 Å². The van der Waals surface area contributed by atoms with Crippen LogP contribution in [-0.2, 0) is 24.4 Å². The van der Waals surface area contributed by atoms with Crippen LogP contribution in [0.1, 0.15) is 13.8 Å². The Bertz CT molecular complexity index is 1010. The molecule has 2 aromatic rings. The van der Waals surface area contributed by atoms with E-state index in [1.54, 1.807) is 24.3 Å². The summed E-state index contributed by atoms with van der Waals surface area (Å²) in [5.74, 6) is -1.24. The van der Waals surface area contributed by atoms with Gasteiger partial charge in [-0.1, -0.05) is 18.2 Å². The molecule has 160 valence electrons. The molecule has 0 saturated heterocycles. The lowest BCUT2D eigenvalue weighted by atomic mass is 10.3. The Morgan fingerprint density at radius 1 is 0.933 bits per heavy atom. The topological polar surface area (TPSA) is 125 Å². The third-order valence-electron chi connectivity index (χ3n) is 4.00. The van der Waals surface area contributed by atoms with Crippen LogP contribution in [0.5, 0.6) is 0 Å². The minimum absolute atomic E-state index is 0.0549. The van der Waals surface area contributed by atoms with Gasteiger partial charge in [0.1, 0.15) is 0 Å². The van der Waals surface area contributed by atoms with Gasteiger partial charge < -0.3 is 15.5 Å². The zero-order valence-electron chi connectivity index (χ0n) is 16.9. The molecule has 0 unspecified atom stereocenters. The molecular formula is C20H24N4O5S. The SMILES string of the molecule is CC(=O)Nc1ccc(S(=O)(=O)N[C@@H](C)C(=O)N(C)CC(=O)Nc2ccccc2)cc1. The Morgan fingerprint density at radius 3 is 2.07 bits per heavy atom. The van der Waals surface area contributed by atoms with Crippen LogP contribution in [0.4, 0.5) is 11.4 Å². The quantitative estimate of drug-likeness (QED) is 0.582. The molecule has 0 bridgehead atoms. The average Bonchev–Trinajstić information content (AvgIpc) is 2.67. The maximum atomic E-state index is 12.5. The van der Waals surface area contributed by atoms with Gasteiger partial charge in [-0.25, -0.2) is 8.42 Å². The normalized spacial score (nSPS) is 12.0. The number of para-hydroxylation sites is 1. The number of amides is 3. The second kappa shape index (κ2) is 9.99. The molecular weight excluding hydrogens is 408 g/mol. The Kier molecular flexibility index (Phi) is 7.67. The molecule has 0 radical (unpaired) electrons. The molecule has 9 nitrogen and oxygen atoms in total. The van der Waals surface area contributed by atoms with Crippen molar-refractivity contribution in [1.82, 2.24) is 9.62 Å². The molecule has 0 aliphatic rings. The third-order valence-corrected chi connectivity index (χ3v) is 5.56. The van der Waals surface area contributed by atoms with Crippen LogP contribution in [0.25, 0.3) is 0 Å². The van der Waals surface area contributed by atoms with E-state index in [0.717, 1.165) is 4.90 Å². The molecule has 3 amide bonds. The molecule has 0 saturated carbocycles. The highest BCUT2D eigenvalue weighted by molar-refractivity contribution is 7.89. The van der Waals surface area contributed by atoms with E-state index >= 15 is 0 Å². The van der Waals surface area contributed by atoms with Gasteiger partial charge in [0.2, 0.25) is 27.7 Å². The largest absolute Gasteiger partial charge is 0.335 e. The highest BCUT2D eigenvalue weighted by Crippen LogP contribution is 2.14. The number of likely N-dealkylation sites (N-methyl/N-ethyl adjacent to an activating group) is 1. The van der Waals surface area contributed by atoms with Gasteiger partial charge in [0, 0.05) is 25.3 Å². The summed E-state index contributed by atoms with van der Waals surface area (Å²) in [4.78, 5) is 36.7. The van der Waals surface area contributed by atoms with Crippen LogP contribution < -0.4 is 15.4 Å². The molecule has 0 aromatic heterocycles. The number of nitrogens with zero attached hydrogens (tertiary/aromatic N) is 1. The predicted octanol–water partition coefficient (Wildman–Crippen LogP) is 1.41. The van der Waals surface area contributed by atoms with Crippen molar-refractivity contribution in [2.75, 3.05) is 24.2 Å². The van der Waals surface area contributed by atoms with Crippen molar-refractivity contribution in [3.63, 3.8) is 0 Å². The van der Waals surface area contributed by atoms with Crippen LogP contribution in [-0.4, -0.2) is 50.7 Å². The number of nitrogens with one attached hydrogen (secondary N) is 3. The van der Waals surface area contributed by atoms with Gasteiger partial charge in [-0.05, 0) is 43.3 Å². The molecule has 3 N–H and O–H groups in total. The van der Waals surface area contributed by atoms with E-state index in [1.165, 1.54) is 45.2 Å². The monoisotopic (exact) mass is 432 g/mol. The van der Waals surface area contributed by atoms with Gasteiger partial charge in [-0.15, -0.1) is 0 Å². The van der Waals surface area contributed by atoms with Crippen LogP contribution in [0, 0.1) is 0 Å². The maximum absolute atomic E-state index is 12.5. The van der Waals surface area contributed by atoms with E-state index in [4.69, 9.17) is 0 Å². The fourth-order valence-electron chi connectivity index (χ4n) is 2.62. The van der Waals surface area contributed by atoms with Gasteiger partial charge >= 0.3 is 0 Å². The summed E-state index contributed by atoms with van der Waals surface area (Å²) < 4.78 is 27.3. The second-order valence-electron chi connectivity index (χ2n) is 6.66. The van der Waals surface area contributed by atoms with Gasteiger partial charge in [-0.2, -0.15) is 4.72 Å². The van der Waals surface area contributed by atoms with Gasteiger partial charge in [0.05, 0.1) is 17.5 Å². The first-order chi connectivity index (χ1) is 14.1. The highest BCUT2D eigenvalue weighted by Gasteiger charge is 2.25. The number of hydrogen-bond acceptors (Lipinski definition) is 5. The Hall–Kier alpha value is -3.24. The van der Waals surface area contributed by atoms with Crippen LogP contribution in [0.3, 0.4) is 0 Å². The number of benzene rings is 2. The van der Waals surface area contributed by atoms with Crippen molar-refractivity contribution in [2.45, 2.75) is 24.8 Å². The van der Waals surface area contributed by atoms with Crippen LogP contribution in [0.2, 0.25) is 0 Å². The summed E-state index contributed by atoms with van der Waals surface area (Å²) in [5, 5.41) is 5.20. The number of rotatable bonds is 8. The number of carbonyl (C=O) groups is 3.